The maximum atomic E-state index is 4.13. The summed E-state index contributed by atoms with van der Waals surface area (Å²) in [5, 5.41) is 17.0. The molecule has 4 nitrogen and oxygen atoms in total. The summed E-state index contributed by atoms with van der Waals surface area (Å²) in [5.74, 6) is 0.855. The van der Waals surface area contributed by atoms with Gasteiger partial charge in [-0.1, -0.05) is 38.1 Å². The van der Waals surface area contributed by atoms with Gasteiger partial charge >= 0.3 is 0 Å². The second-order valence-corrected chi connectivity index (χ2v) is 4.32. The number of hydrogen-bond donors (Lipinski definition) is 2. The topological polar surface area (TPSA) is 49.8 Å². The van der Waals surface area contributed by atoms with Gasteiger partial charge in [0.15, 0.2) is 5.82 Å². The summed E-state index contributed by atoms with van der Waals surface area (Å²) in [6.07, 6.45) is 1.78. The fraction of sp³-hybridized carbons (Fsp3) is 0.385. The van der Waals surface area contributed by atoms with E-state index in [0.717, 1.165) is 29.7 Å². The van der Waals surface area contributed by atoms with Crippen LogP contribution in [0.15, 0.2) is 30.5 Å². The van der Waals surface area contributed by atoms with Crippen LogP contribution in [0.2, 0.25) is 0 Å². The number of nitrogens with one attached hydrogen (secondary N) is 2. The summed E-state index contributed by atoms with van der Waals surface area (Å²) in [4.78, 5) is 0. The van der Waals surface area contributed by atoms with Gasteiger partial charge in [0.1, 0.15) is 0 Å². The maximum absolute atomic E-state index is 4.13. The second-order valence-electron chi connectivity index (χ2n) is 4.32. The van der Waals surface area contributed by atoms with Gasteiger partial charge in [0.05, 0.1) is 6.20 Å². The van der Waals surface area contributed by atoms with Gasteiger partial charge < -0.3 is 10.6 Å². The van der Waals surface area contributed by atoms with E-state index in [4.69, 9.17) is 0 Å². The molecule has 1 aromatic heterocycles. The Labute approximate surface area is 101 Å². The van der Waals surface area contributed by atoms with Gasteiger partial charge in [-0.15, -0.1) is 5.10 Å². The molecule has 90 valence electrons. The van der Waals surface area contributed by atoms with Crippen molar-refractivity contribution in [3.8, 4) is 0 Å². The lowest BCUT2D eigenvalue weighted by Gasteiger charge is -2.10. The lowest BCUT2D eigenvalue weighted by atomic mass is 10.2. The summed E-state index contributed by atoms with van der Waals surface area (Å²) in [5.41, 5.74) is 0. The van der Waals surface area contributed by atoms with Crippen LogP contribution in [0.25, 0.3) is 10.8 Å². The number of aromatic nitrogens is 2. The van der Waals surface area contributed by atoms with Crippen molar-refractivity contribution in [2.45, 2.75) is 19.9 Å². The third-order valence-electron chi connectivity index (χ3n) is 2.54. The molecule has 0 amide bonds. The molecule has 0 aliphatic heterocycles. The van der Waals surface area contributed by atoms with Gasteiger partial charge in [0, 0.05) is 29.9 Å². The van der Waals surface area contributed by atoms with Crippen molar-refractivity contribution in [2.75, 3.05) is 18.4 Å². The number of nitrogens with zero attached hydrogens (tertiary/aromatic N) is 2. The largest absolute Gasteiger partial charge is 0.367 e. The average Bonchev–Trinajstić information content (AvgIpc) is 2.34. The molecule has 0 radical (unpaired) electrons. The Kier molecular flexibility index (Phi) is 3.88. The summed E-state index contributed by atoms with van der Waals surface area (Å²) < 4.78 is 0. The number of hydrogen-bond acceptors (Lipinski definition) is 4. The van der Waals surface area contributed by atoms with E-state index in [-0.39, 0.29) is 0 Å². The standard InChI is InChI=1S/C13H18N4/c1-10(2)14-7-8-15-13-12-6-4-3-5-11(12)9-16-17-13/h3-6,9-10,14H,7-8H2,1-2H3,(H,15,17). The number of rotatable bonds is 5. The van der Waals surface area contributed by atoms with Gasteiger partial charge in [-0.2, -0.15) is 5.10 Å². The molecule has 0 spiro atoms. The van der Waals surface area contributed by atoms with E-state index in [1.165, 1.54) is 0 Å². The molecular formula is C13H18N4. The van der Waals surface area contributed by atoms with E-state index in [1.54, 1.807) is 6.20 Å². The monoisotopic (exact) mass is 230 g/mol. The van der Waals surface area contributed by atoms with Crippen LogP contribution in [-0.2, 0) is 0 Å². The van der Waals surface area contributed by atoms with E-state index >= 15 is 0 Å². The van der Waals surface area contributed by atoms with Crippen molar-refractivity contribution in [3.63, 3.8) is 0 Å². The van der Waals surface area contributed by atoms with Crippen LogP contribution in [-0.4, -0.2) is 29.3 Å². The maximum Gasteiger partial charge on any atom is 0.156 e. The minimum atomic E-state index is 0.510. The quantitative estimate of drug-likeness (QED) is 0.772. The van der Waals surface area contributed by atoms with Gasteiger partial charge in [-0.05, 0) is 0 Å². The molecule has 1 heterocycles. The first-order valence-corrected chi connectivity index (χ1v) is 5.95. The minimum Gasteiger partial charge on any atom is -0.367 e. The van der Waals surface area contributed by atoms with Crippen molar-refractivity contribution in [1.82, 2.24) is 15.5 Å². The number of benzene rings is 1. The average molecular weight is 230 g/mol. The highest BCUT2D eigenvalue weighted by Crippen LogP contribution is 2.18. The Morgan fingerprint density at radius 1 is 1.18 bits per heavy atom. The van der Waals surface area contributed by atoms with Gasteiger partial charge in [-0.3, -0.25) is 0 Å². The van der Waals surface area contributed by atoms with E-state index in [9.17, 15) is 0 Å². The Morgan fingerprint density at radius 2 is 2.00 bits per heavy atom. The molecule has 4 heteroatoms. The normalized spacial score (nSPS) is 11.0. The molecular weight excluding hydrogens is 212 g/mol. The third-order valence-corrected chi connectivity index (χ3v) is 2.54. The molecule has 2 aromatic rings. The molecule has 0 atom stereocenters. The first-order chi connectivity index (χ1) is 8.27. The minimum absolute atomic E-state index is 0.510. The van der Waals surface area contributed by atoms with Gasteiger partial charge in [-0.25, -0.2) is 0 Å². The Hall–Kier alpha value is -1.68. The zero-order valence-corrected chi connectivity index (χ0v) is 10.3. The smallest absolute Gasteiger partial charge is 0.156 e. The molecule has 17 heavy (non-hydrogen) atoms. The van der Waals surface area contributed by atoms with Crippen molar-refractivity contribution in [1.29, 1.82) is 0 Å². The van der Waals surface area contributed by atoms with Crippen molar-refractivity contribution < 1.29 is 0 Å². The summed E-state index contributed by atoms with van der Waals surface area (Å²) >= 11 is 0. The highest BCUT2D eigenvalue weighted by atomic mass is 15.2. The van der Waals surface area contributed by atoms with Gasteiger partial charge in [0.25, 0.3) is 0 Å². The first kappa shape index (κ1) is 11.8. The predicted molar refractivity (Wildman–Crippen MR) is 71.2 cm³/mol. The van der Waals surface area contributed by atoms with Crippen molar-refractivity contribution in [2.24, 2.45) is 0 Å². The van der Waals surface area contributed by atoms with Crippen LogP contribution in [0.4, 0.5) is 5.82 Å². The fourth-order valence-corrected chi connectivity index (χ4v) is 1.70. The summed E-state index contributed by atoms with van der Waals surface area (Å²) in [6, 6.07) is 8.63. The first-order valence-electron chi connectivity index (χ1n) is 5.95. The molecule has 0 aliphatic carbocycles. The number of anilines is 1. The SMILES string of the molecule is CC(C)NCCNc1nncc2ccccc12. The fourth-order valence-electron chi connectivity index (χ4n) is 1.70. The highest BCUT2D eigenvalue weighted by molar-refractivity contribution is 5.90. The Morgan fingerprint density at radius 3 is 2.82 bits per heavy atom. The highest BCUT2D eigenvalue weighted by Gasteiger charge is 2.01. The van der Waals surface area contributed by atoms with Crippen LogP contribution in [0, 0.1) is 0 Å². The van der Waals surface area contributed by atoms with E-state index in [2.05, 4.69) is 40.7 Å². The third kappa shape index (κ3) is 3.14. The van der Waals surface area contributed by atoms with Crippen molar-refractivity contribution in [3.05, 3.63) is 30.5 Å². The van der Waals surface area contributed by atoms with Crippen LogP contribution in [0.5, 0.6) is 0 Å². The lowest BCUT2D eigenvalue weighted by Crippen LogP contribution is -2.28. The van der Waals surface area contributed by atoms with Gasteiger partial charge in [0.2, 0.25) is 0 Å². The van der Waals surface area contributed by atoms with Crippen LogP contribution < -0.4 is 10.6 Å². The molecule has 0 aliphatic rings. The van der Waals surface area contributed by atoms with Crippen LogP contribution in [0.3, 0.4) is 0 Å². The molecule has 0 unspecified atom stereocenters. The van der Waals surface area contributed by atoms with Crippen LogP contribution >= 0.6 is 0 Å². The molecule has 0 fully saturated rings. The molecule has 0 saturated carbocycles. The molecule has 2 rings (SSSR count). The number of fused-ring (bicyclic) bond motifs is 1. The van der Waals surface area contributed by atoms with E-state index < -0.39 is 0 Å². The lowest BCUT2D eigenvalue weighted by molar-refractivity contribution is 0.602. The summed E-state index contributed by atoms with van der Waals surface area (Å²) in [6.45, 7) is 6.04. The molecule has 2 N–H and O–H groups in total. The zero-order valence-electron chi connectivity index (χ0n) is 10.3. The van der Waals surface area contributed by atoms with Crippen molar-refractivity contribution >= 4 is 16.6 Å². The Bertz CT molecular complexity index is 476. The van der Waals surface area contributed by atoms with E-state index in [0.29, 0.717) is 6.04 Å². The second kappa shape index (κ2) is 5.59. The summed E-state index contributed by atoms with van der Waals surface area (Å²) in [7, 11) is 0. The Balaban J connectivity index is 2.03. The predicted octanol–water partition coefficient (Wildman–Crippen LogP) is 2.04. The van der Waals surface area contributed by atoms with E-state index in [1.807, 2.05) is 18.2 Å². The molecule has 0 bridgehead atoms. The molecule has 0 saturated heterocycles. The molecule has 1 aromatic carbocycles. The van der Waals surface area contributed by atoms with Crippen LogP contribution in [0.1, 0.15) is 13.8 Å². The zero-order chi connectivity index (χ0) is 12.1.